The number of hydrogen-bond acceptors (Lipinski definition) is 5. The predicted molar refractivity (Wildman–Crippen MR) is 111 cm³/mol. The van der Waals surface area contributed by atoms with Crippen LogP contribution in [0.5, 0.6) is 0 Å². The van der Waals surface area contributed by atoms with Crippen molar-refractivity contribution in [1.29, 1.82) is 0 Å². The lowest BCUT2D eigenvalue weighted by Crippen LogP contribution is -2.47. The van der Waals surface area contributed by atoms with Crippen LogP contribution in [0.25, 0.3) is 5.82 Å². The summed E-state index contributed by atoms with van der Waals surface area (Å²) in [5, 5.41) is 0. The van der Waals surface area contributed by atoms with E-state index in [4.69, 9.17) is 9.72 Å². The Morgan fingerprint density at radius 2 is 2.07 bits per heavy atom. The Kier molecular flexibility index (Phi) is 6.25. The Labute approximate surface area is 172 Å². The van der Waals surface area contributed by atoms with Crippen molar-refractivity contribution in [3.8, 4) is 5.82 Å². The van der Waals surface area contributed by atoms with Gasteiger partial charge in [-0.3, -0.25) is 14.3 Å². The molecule has 0 N–H and O–H groups in total. The fourth-order valence-corrected chi connectivity index (χ4v) is 4.23. The monoisotopic (exact) mass is 397 g/mol. The first kappa shape index (κ1) is 20.0. The zero-order valence-corrected chi connectivity index (χ0v) is 17.5. The number of aromatic nitrogens is 3. The number of likely N-dealkylation sites (tertiary alicyclic amines) is 1. The molecule has 0 unspecified atom stereocenters. The summed E-state index contributed by atoms with van der Waals surface area (Å²) in [6.07, 6.45) is 5.89. The fourth-order valence-electron chi connectivity index (χ4n) is 4.23. The van der Waals surface area contributed by atoms with Crippen LogP contribution in [-0.4, -0.2) is 76.2 Å². The number of amides is 1. The second-order valence-electron chi connectivity index (χ2n) is 8.30. The van der Waals surface area contributed by atoms with Crippen molar-refractivity contribution in [3.05, 3.63) is 42.1 Å². The molecule has 2 fully saturated rings. The van der Waals surface area contributed by atoms with Crippen LogP contribution >= 0.6 is 0 Å². The van der Waals surface area contributed by atoms with Gasteiger partial charge in [-0.15, -0.1) is 0 Å². The summed E-state index contributed by atoms with van der Waals surface area (Å²) in [7, 11) is 0. The van der Waals surface area contributed by atoms with Crippen molar-refractivity contribution in [1.82, 2.24) is 24.3 Å². The van der Waals surface area contributed by atoms with Gasteiger partial charge >= 0.3 is 0 Å². The van der Waals surface area contributed by atoms with E-state index < -0.39 is 0 Å². The van der Waals surface area contributed by atoms with Gasteiger partial charge in [0.2, 0.25) is 5.91 Å². The van der Waals surface area contributed by atoms with Crippen LogP contribution in [-0.2, 0) is 9.53 Å². The zero-order valence-electron chi connectivity index (χ0n) is 17.5. The number of piperidine rings is 1. The summed E-state index contributed by atoms with van der Waals surface area (Å²) in [6, 6.07) is 6.19. The smallest absolute Gasteiger partial charge is 0.236 e. The van der Waals surface area contributed by atoms with Gasteiger partial charge in [0.25, 0.3) is 0 Å². The van der Waals surface area contributed by atoms with E-state index in [1.165, 1.54) is 0 Å². The van der Waals surface area contributed by atoms with Crippen molar-refractivity contribution < 1.29 is 9.53 Å². The summed E-state index contributed by atoms with van der Waals surface area (Å²) in [5.41, 5.74) is 1.06. The molecule has 2 saturated heterocycles. The Balaban J connectivity index is 1.45. The average Bonchev–Trinajstić information content (AvgIpc) is 3.25. The minimum atomic E-state index is 0.226. The van der Waals surface area contributed by atoms with Gasteiger partial charge in [0, 0.05) is 56.1 Å². The van der Waals surface area contributed by atoms with Crippen molar-refractivity contribution in [2.75, 3.05) is 45.9 Å². The largest absolute Gasteiger partial charge is 0.379 e. The topological polar surface area (TPSA) is 63.5 Å². The van der Waals surface area contributed by atoms with E-state index in [9.17, 15) is 4.79 Å². The number of imidazole rings is 1. The van der Waals surface area contributed by atoms with Crippen LogP contribution in [0, 0.1) is 0 Å². The van der Waals surface area contributed by atoms with E-state index in [2.05, 4.69) is 40.4 Å². The summed E-state index contributed by atoms with van der Waals surface area (Å²) in [6.45, 7) is 9.50. The zero-order chi connectivity index (χ0) is 20.2. The predicted octanol–water partition coefficient (Wildman–Crippen LogP) is 2.43. The van der Waals surface area contributed by atoms with E-state index >= 15 is 0 Å². The quantitative estimate of drug-likeness (QED) is 0.775. The third-order valence-corrected chi connectivity index (χ3v) is 5.84. The number of nitrogens with zero attached hydrogens (tertiary/aromatic N) is 5. The molecule has 1 amide bonds. The number of pyridine rings is 1. The first-order valence-corrected chi connectivity index (χ1v) is 10.7. The second-order valence-corrected chi connectivity index (χ2v) is 8.30. The van der Waals surface area contributed by atoms with E-state index in [0.29, 0.717) is 12.5 Å². The van der Waals surface area contributed by atoms with Gasteiger partial charge in [-0.25, -0.2) is 9.97 Å². The average molecular weight is 398 g/mol. The van der Waals surface area contributed by atoms with E-state index in [0.717, 1.165) is 69.6 Å². The number of ether oxygens (including phenoxy) is 1. The lowest BCUT2D eigenvalue weighted by atomic mass is 9.94. The van der Waals surface area contributed by atoms with Crippen molar-refractivity contribution in [3.63, 3.8) is 0 Å². The van der Waals surface area contributed by atoms with Gasteiger partial charge in [-0.2, -0.15) is 0 Å². The minimum Gasteiger partial charge on any atom is -0.379 e. The Bertz CT molecular complexity index is 828. The Morgan fingerprint density at radius 3 is 2.86 bits per heavy atom. The molecule has 2 aliphatic rings. The molecule has 2 aromatic rings. The van der Waals surface area contributed by atoms with E-state index in [1.54, 1.807) is 0 Å². The maximum atomic E-state index is 12.8. The summed E-state index contributed by atoms with van der Waals surface area (Å²) >= 11 is 0. The maximum absolute atomic E-state index is 12.8. The van der Waals surface area contributed by atoms with Gasteiger partial charge < -0.3 is 9.64 Å². The fraction of sp³-hybridized carbons (Fsp3) is 0.591. The molecule has 1 atom stereocenters. The lowest BCUT2D eigenvalue weighted by molar-refractivity contribution is -0.134. The van der Waals surface area contributed by atoms with Gasteiger partial charge in [0.05, 0.1) is 19.8 Å². The lowest BCUT2D eigenvalue weighted by Gasteiger charge is -2.35. The molecule has 0 aromatic carbocycles. The molecule has 7 heteroatoms. The summed E-state index contributed by atoms with van der Waals surface area (Å²) < 4.78 is 7.45. The standard InChI is InChI=1S/C22H31N5O2/c1-17(2)22-23-8-10-27(22)20-7-3-6-19(24-20)18-5-4-9-26(15-18)21(28)16-25-11-13-29-14-12-25/h3,6-8,10,17-18H,4-5,9,11-16H2,1-2H3/t18-/m0/s1. The molecule has 0 aliphatic carbocycles. The third-order valence-electron chi connectivity index (χ3n) is 5.84. The molecule has 2 aliphatic heterocycles. The molecule has 0 spiro atoms. The molecular weight excluding hydrogens is 366 g/mol. The van der Waals surface area contributed by atoms with Gasteiger partial charge in [0.15, 0.2) is 0 Å². The molecule has 0 bridgehead atoms. The summed E-state index contributed by atoms with van der Waals surface area (Å²) in [4.78, 5) is 26.5. The molecular formula is C22H31N5O2. The third kappa shape index (κ3) is 4.67. The highest BCUT2D eigenvalue weighted by atomic mass is 16.5. The molecule has 4 heterocycles. The Morgan fingerprint density at radius 1 is 1.24 bits per heavy atom. The van der Waals surface area contributed by atoms with E-state index in [1.807, 2.05) is 23.4 Å². The normalized spacial score (nSPS) is 20.9. The van der Waals surface area contributed by atoms with E-state index in [-0.39, 0.29) is 11.8 Å². The van der Waals surface area contributed by atoms with Crippen LogP contribution in [0.4, 0.5) is 0 Å². The van der Waals surface area contributed by atoms with Crippen LogP contribution in [0.15, 0.2) is 30.6 Å². The highest BCUT2D eigenvalue weighted by Gasteiger charge is 2.27. The highest BCUT2D eigenvalue weighted by Crippen LogP contribution is 2.27. The molecule has 7 nitrogen and oxygen atoms in total. The number of rotatable bonds is 5. The Hall–Kier alpha value is -2.25. The SMILES string of the molecule is CC(C)c1nccn1-c1cccc([C@H]2CCCN(C(=O)CN3CCOCC3)C2)n1. The molecule has 0 radical (unpaired) electrons. The van der Waals surface area contributed by atoms with Crippen molar-refractivity contribution >= 4 is 5.91 Å². The second kappa shape index (κ2) is 9.05. The summed E-state index contributed by atoms with van der Waals surface area (Å²) in [5.74, 6) is 2.76. The van der Waals surface area contributed by atoms with Gasteiger partial charge in [-0.1, -0.05) is 19.9 Å². The number of morpholine rings is 1. The first-order valence-electron chi connectivity index (χ1n) is 10.7. The highest BCUT2D eigenvalue weighted by molar-refractivity contribution is 5.78. The first-order chi connectivity index (χ1) is 14.1. The maximum Gasteiger partial charge on any atom is 0.236 e. The van der Waals surface area contributed by atoms with Crippen LogP contribution < -0.4 is 0 Å². The van der Waals surface area contributed by atoms with Crippen LogP contribution in [0.1, 0.15) is 50.0 Å². The molecule has 29 heavy (non-hydrogen) atoms. The molecule has 0 saturated carbocycles. The number of carbonyl (C=O) groups is 1. The van der Waals surface area contributed by atoms with Crippen molar-refractivity contribution in [2.45, 2.75) is 38.5 Å². The molecule has 4 rings (SSSR count). The molecule has 2 aromatic heterocycles. The minimum absolute atomic E-state index is 0.226. The van der Waals surface area contributed by atoms with Gasteiger partial charge in [-0.05, 0) is 25.0 Å². The number of hydrogen-bond donors (Lipinski definition) is 0. The molecule has 156 valence electrons. The number of carbonyl (C=O) groups excluding carboxylic acids is 1. The van der Waals surface area contributed by atoms with Crippen LogP contribution in [0.3, 0.4) is 0 Å². The van der Waals surface area contributed by atoms with Crippen LogP contribution in [0.2, 0.25) is 0 Å². The van der Waals surface area contributed by atoms with Crippen molar-refractivity contribution in [2.24, 2.45) is 0 Å². The van der Waals surface area contributed by atoms with Gasteiger partial charge in [0.1, 0.15) is 11.6 Å².